The number of benzene rings is 2. The molecular formula is C28H28ClN5O4. The van der Waals surface area contributed by atoms with E-state index in [1.807, 2.05) is 41.3 Å². The van der Waals surface area contributed by atoms with Crippen molar-refractivity contribution in [2.75, 3.05) is 44.4 Å². The summed E-state index contributed by atoms with van der Waals surface area (Å²) in [6, 6.07) is 16.7. The zero-order valence-corrected chi connectivity index (χ0v) is 21.6. The highest BCUT2D eigenvalue weighted by Crippen LogP contribution is 2.34. The van der Waals surface area contributed by atoms with Gasteiger partial charge in [0.1, 0.15) is 6.54 Å². The maximum atomic E-state index is 13.3. The highest BCUT2D eigenvalue weighted by molar-refractivity contribution is 6.33. The quantitative estimate of drug-likeness (QED) is 0.475. The number of hydrogen-bond donors (Lipinski definition) is 0. The van der Waals surface area contributed by atoms with Crippen LogP contribution in [0.4, 0.5) is 5.82 Å². The fraction of sp³-hybridized carbons (Fsp3) is 0.357. The van der Waals surface area contributed by atoms with E-state index in [0.717, 1.165) is 42.9 Å². The van der Waals surface area contributed by atoms with E-state index in [1.54, 1.807) is 23.1 Å². The normalized spacial score (nSPS) is 16.8. The lowest BCUT2D eigenvalue weighted by atomic mass is 10.1. The van der Waals surface area contributed by atoms with Gasteiger partial charge in [0.25, 0.3) is 5.91 Å². The largest absolute Gasteiger partial charge is 0.454 e. The van der Waals surface area contributed by atoms with Crippen molar-refractivity contribution in [2.24, 2.45) is 0 Å². The lowest BCUT2D eigenvalue weighted by Crippen LogP contribution is -2.45. The first-order chi connectivity index (χ1) is 18.6. The van der Waals surface area contributed by atoms with Crippen molar-refractivity contribution in [3.63, 3.8) is 0 Å². The first-order valence-corrected chi connectivity index (χ1v) is 13.3. The Labute approximate surface area is 225 Å². The summed E-state index contributed by atoms with van der Waals surface area (Å²) in [5.74, 6) is 1.78. The molecule has 1 aromatic heterocycles. The molecule has 0 bridgehead atoms. The standard InChI is InChI=1S/C28H28ClN5O4/c29-22-5-2-1-4-21(22)23-9-11-26(31-30-23)32-12-3-13-33(15-14-32)27(35)17-34(20-7-8-20)28(36)19-6-10-24-25(16-19)38-18-37-24/h1-2,4-6,9-11,16,20H,3,7-8,12-15,17-18H2. The minimum atomic E-state index is -0.149. The molecule has 2 aliphatic heterocycles. The van der Waals surface area contributed by atoms with E-state index >= 15 is 0 Å². The van der Waals surface area contributed by atoms with E-state index in [-0.39, 0.29) is 31.2 Å². The molecule has 38 heavy (non-hydrogen) atoms. The van der Waals surface area contributed by atoms with Crippen LogP contribution in [0.2, 0.25) is 5.02 Å². The molecule has 1 saturated carbocycles. The van der Waals surface area contributed by atoms with E-state index < -0.39 is 0 Å². The molecule has 10 heteroatoms. The summed E-state index contributed by atoms with van der Waals surface area (Å²) in [5, 5.41) is 9.46. The predicted octanol–water partition coefficient (Wildman–Crippen LogP) is 3.87. The number of amides is 2. The summed E-state index contributed by atoms with van der Waals surface area (Å²) in [4.78, 5) is 32.4. The smallest absolute Gasteiger partial charge is 0.254 e. The number of halogens is 1. The number of anilines is 1. The molecule has 3 aliphatic rings. The van der Waals surface area contributed by atoms with Gasteiger partial charge < -0.3 is 24.2 Å². The molecule has 1 saturated heterocycles. The Morgan fingerprint density at radius 2 is 1.79 bits per heavy atom. The van der Waals surface area contributed by atoms with Crippen LogP contribution in [0.1, 0.15) is 29.6 Å². The van der Waals surface area contributed by atoms with E-state index in [4.69, 9.17) is 21.1 Å². The van der Waals surface area contributed by atoms with Crippen LogP contribution >= 0.6 is 11.6 Å². The molecule has 1 aliphatic carbocycles. The number of aromatic nitrogens is 2. The summed E-state index contributed by atoms with van der Waals surface area (Å²) in [7, 11) is 0. The second-order valence-electron chi connectivity index (χ2n) is 9.71. The highest BCUT2D eigenvalue weighted by Gasteiger charge is 2.36. The van der Waals surface area contributed by atoms with Crippen molar-refractivity contribution in [1.29, 1.82) is 0 Å². The SMILES string of the molecule is O=C(CN(C(=O)c1ccc2c(c1)OCO2)C1CC1)N1CCCN(c2ccc(-c3ccccc3Cl)nn2)CC1. The predicted molar refractivity (Wildman–Crippen MR) is 143 cm³/mol. The zero-order valence-electron chi connectivity index (χ0n) is 20.9. The fourth-order valence-corrected chi connectivity index (χ4v) is 5.13. The number of hydrogen-bond acceptors (Lipinski definition) is 7. The second kappa shape index (κ2) is 10.5. The number of rotatable bonds is 6. The zero-order chi connectivity index (χ0) is 26.1. The Hall–Kier alpha value is -3.85. The average molecular weight is 534 g/mol. The van der Waals surface area contributed by atoms with Gasteiger partial charge in [-0.1, -0.05) is 29.8 Å². The van der Waals surface area contributed by atoms with Gasteiger partial charge in [-0.25, -0.2) is 0 Å². The Morgan fingerprint density at radius 1 is 0.947 bits per heavy atom. The summed E-state index contributed by atoms with van der Waals surface area (Å²) >= 11 is 6.30. The van der Waals surface area contributed by atoms with Crippen molar-refractivity contribution in [3.8, 4) is 22.8 Å². The van der Waals surface area contributed by atoms with Crippen LogP contribution in [-0.4, -0.2) is 77.4 Å². The number of ether oxygens (including phenoxy) is 2. The second-order valence-corrected chi connectivity index (χ2v) is 10.1. The summed E-state index contributed by atoms with van der Waals surface area (Å²) in [6.07, 6.45) is 2.64. The van der Waals surface area contributed by atoms with Crippen LogP contribution in [0.25, 0.3) is 11.3 Å². The summed E-state index contributed by atoms with van der Waals surface area (Å²) in [5.41, 5.74) is 2.07. The first-order valence-electron chi connectivity index (χ1n) is 12.9. The highest BCUT2D eigenvalue weighted by atomic mass is 35.5. The third-order valence-electron chi connectivity index (χ3n) is 7.15. The Morgan fingerprint density at radius 3 is 2.58 bits per heavy atom. The number of nitrogens with zero attached hydrogens (tertiary/aromatic N) is 5. The van der Waals surface area contributed by atoms with Crippen LogP contribution in [0.3, 0.4) is 0 Å². The Bertz CT molecular complexity index is 1350. The van der Waals surface area contributed by atoms with Crippen LogP contribution in [0.15, 0.2) is 54.6 Å². The monoisotopic (exact) mass is 533 g/mol. The van der Waals surface area contributed by atoms with Gasteiger partial charge in [-0.2, -0.15) is 0 Å². The topological polar surface area (TPSA) is 88.1 Å². The van der Waals surface area contributed by atoms with Gasteiger partial charge in [-0.05, 0) is 55.7 Å². The fourth-order valence-electron chi connectivity index (χ4n) is 4.90. The molecule has 0 spiro atoms. The molecule has 0 unspecified atom stereocenters. The molecule has 2 aromatic carbocycles. The van der Waals surface area contributed by atoms with Gasteiger partial charge in [-0.3, -0.25) is 9.59 Å². The lowest BCUT2D eigenvalue weighted by Gasteiger charge is -2.27. The molecule has 196 valence electrons. The minimum absolute atomic E-state index is 0.0343. The van der Waals surface area contributed by atoms with E-state index in [0.29, 0.717) is 41.7 Å². The van der Waals surface area contributed by atoms with Crippen LogP contribution < -0.4 is 14.4 Å². The van der Waals surface area contributed by atoms with Crippen molar-refractivity contribution in [2.45, 2.75) is 25.3 Å². The Kier molecular flexibility index (Phi) is 6.76. The minimum Gasteiger partial charge on any atom is -0.454 e. The molecular weight excluding hydrogens is 506 g/mol. The summed E-state index contributed by atoms with van der Waals surface area (Å²) in [6.45, 7) is 2.84. The van der Waals surface area contributed by atoms with E-state index in [9.17, 15) is 9.59 Å². The third-order valence-corrected chi connectivity index (χ3v) is 7.48. The molecule has 0 N–H and O–H groups in total. The van der Waals surface area contributed by atoms with Crippen molar-refractivity contribution < 1.29 is 19.1 Å². The summed E-state index contributed by atoms with van der Waals surface area (Å²) < 4.78 is 10.8. The molecule has 9 nitrogen and oxygen atoms in total. The van der Waals surface area contributed by atoms with Gasteiger partial charge in [0.05, 0.1) is 10.7 Å². The van der Waals surface area contributed by atoms with Crippen molar-refractivity contribution in [3.05, 3.63) is 65.2 Å². The van der Waals surface area contributed by atoms with Crippen molar-refractivity contribution >= 4 is 29.2 Å². The van der Waals surface area contributed by atoms with Gasteiger partial charge in [0, 0.05) is 43.3 Å². The lowest BCUT2D eigenvalue weighted by molar-refractivity contribution is -0.131. The molecule has 3 heterocycles. The van der Waals surface area contributed by atoms with Crippen LogP contribution in [-0.2, 0) is 4.79 Å². The molecule has 6 rings (SSSR count). The van der Waals surface area contributed by atoms with Gasteiger partial charge >= 0.3 is 0 Å². The van der Waals surface area contributed by atoms with Gasteiger partial charge in [-0.15, -0.1) is 10.2 Å². The van der Waals surface area contributed by atoms with Crippen LogP contribution in [0.5, 0.6) is 11.5 Å². The molecule has 0 atom stereocenters. The van der Waals surface area contributed by atoms with Gasteiger partial charge in [0.2, 0.25) is 12.7 Å². The molecule has 3 aromatic rings. The maximum absolute atomic E-state index is 13.3. The van der Waals surface area contributed by atoms with E-state index in [2.05, 4.69) is 15.1 Å². The third kappa shape index (κ3) is 5.11. The number of carbonyl (C=O) groups excluding carboxylic acids is 2. The van der Waals surface area contributed by atoms with Gasteiger partial charge in [0.15, 0.2) is 17.3 Å². The van der Waals surface area contributed by atoms with Crippen LogP contribution in [0, 0.1) is 0 Å². The average Bonchev–Trinajstić information content (AvgIpc) is 3.72. The maximum Gasteiger partial charge on any atom is 0.254 e. The Balaban J connectivity index is 1.09. The first kappa shape index (κ1) is 24.5. The number of carbonyl (C=O) groups is 2. The molecule has 2 amide bonds. The number of fused-ring (bicyclic) bond motifs is 1. The molecule has 0 radical (unpaired) electrons. The molecule has 2 fully saturated rings. The van der Waals surface area contributed by atoms with Crippen molar-refractivity contribution in [1.82, 2.24) is 20.0 Å². The van der Waals surface area contributed by atoms with E-state index in [1.165, 1.54) is 0 Å².